The SMILES string of the molecule is Cc1ccc(-c2cnc(CCC(=O)NCCN3CCN(C(=O)C4CCCC4)CC3)o2)cc1. The van der Waals surface area contributed by atoms with Crippen LogP contribution in [0.3, 0.4) is 0 Å². The summed E-state index contributed by atoms with van der Waals surface area (Å²) in [5.41, 5.74) is 2.19. The van der Waals surface area contributed by atoms with Gasteiger partial charge < -0.3 is 14.6 Å². The van der Waals surface area contributed by atoms with Crippen LogP contribution in [0.1, 0.15) is 43.6 Å². The number of nitrogens with one attached hydrogen (secondary N) is 1. The van der Waals surface area contributed by atoms with E-state index in [0.717, 1.165) is 56.9 Å². The molecule has 1 aliphatic heterocycles. The zero-order chi connectivity index (χ0) is 22.3. The summed E-state index contributed by atoms with van der Waals surface area (Å²) in [6.07, 6.45) is 7.07. The Kier molecular flexibility index (Phi) is 7.58. The maximum absolute atomic E-state index is 12.5. The third-order valence-corrected chi connectivity index (χ3v) is 6.59. The minimum atomic E-state index is 0.00938. The normalized spacial score (nSPS) is 17.6. The van der Waals surface area contributed by atoms with Gasteiger partial charge in [0.05, 0.1) is 6.20 Å². The van der Waals surface area contributed by atoms with Crippen LogP contribution in [0.15, 0.2) is 34.9 Å². The lowest BCUT2D eigenvalue weighted by molar-refractivity contribution is -0.137. The number of aromatic nitrogens is 1. The standard InChI is InChI=1S/C25H34N4O3/c1-19-6-8-20(9-7-19)22-18-27-24(32-22)11-10-23(30)26-12-13-28-14-16-29(17-15-28)25(31)21-4-2-3-5-21/h6-9,18,21H,2-5,10-17H2,1H3,(H,26,30). The zero-order valence-electron chi connectivity index (χ0n) is 19.0. The molecule has 2 aliphatic rings. The summed E-state index contributed by atoms with van der Waals surface area (Å²) < 4.78 is 5.79. The maximum atomic E-state index is 12.5. The zero-order valence-corrected chi connectivity index (χ0v) is 19.0. The van der Waals surface area contributed by atoms with E-state index in [4.69, 9.17) is 4.42 Å². The average molecular weight is 439 g/mol. The molecule has 4 rings (SSSR count). The van der Waals surface area contributed by atoms with E-state index in [1.807, 2.05) is 36.1 Å². The van der Waals surface area contributed by atoms with E-state index in [0.29, 0.717) is 31.2 Å². The Bertz CT molecular complexity index is 894. The molecule has 2 amide bonds. The molecule has 0 radical (unpaired) electrons. The van der Waals surface area contributed by atoms with Crippen molar-refractivity contribution in [3.8, 4) is 11.3 Å². The summed E-state index contributed by atoms with van der Waals surface area (Å²) >= 11 is 0. The lowest BCUT2D eigenvalue weighted by atomic mass is 10.1. The molecule has 1 saturated heterocycles. The van der Waals surface area contributed by atoms with Crippen molar-refractivity contribution < 1.29 is 14.0 Å². The van der Waals surface area contributed by atoms with Crippen molar-refractivity contribution in [2.75, 3.05) is 39.3 Å². The van der Waals surface area contributed by atoms with Gasteiger partial charge in [-0.3, -0.25) is 14.5 Å². The van der Waals surface area contributed by atoms with Gasteiger partial charge in [0.25, 0.3) is 0 Å². The number of oxazole rings is 1. The highest BCUT2D eigenvalue weighted by atomic mass is 16.4. The first kappa shape index (κ1) is 22.5. The summed E-state index contributed by atoms with van der Waals surface area (Å²) in [5.74, 6) is 1.94. The van der Waals surface area contributed by atoms with Gasteiger partial charge in [-0.2, -0.15) is 0 Å². The Balaban J connectivity index is 1.11. The van der Waals surface area contributed by atoms with Crippen LogP contribution >= 0.6 is 0 Å². The summed E-state index contributed by atoms with van der Waals surface area (Å²) in [4.78, 5) is 33.4. The van der Waals surface area contributed by atoms with Crippen molar-refractivity contribution in [2.24, 2.45) is 5.92 Å². The van der Waals surface area contributed by atoms with Gasteiger partial charge in [-0.05, 0) is 19.8 Å². The number of carbonyl (C=O) groups is 2. The van der Waals surface area contributed by atoms with Gasteiger partial charge in [-0.25, -0.2) is 4.98 Å². The van der Waals surface area contributed by atoms with Crippen LogP contribution in [0, 0.1) is 12.8 Å². The van der Waals surface area contributed by atoms with Crippen LogP contribution in [0.2, 0.25) is 0 Å². The molecule has 1 aromatic carbocycles. The summed E-state index contributed by atoms with van der Waals surface area (Å²) in [5, 5.41) is 2.99. The van der Waals surface area contributed by atoms with Crippen LogP contribution in [0.5, 0.6) is 0 Å². The molecule has 0 unspecified atom stereocenters. The highest BCUT2D eigenvalue weighted by molar-refractivity contribution is 5.79. The van der Waals surface area contributed by atoms with Crippen molar-refractivity contribution in [2.45, 2.75) is 45.4 Å². The molecule has 172 valence electrons. The molecule has 7 heteroatoms. The molecular formula is C25H34N4O3. The second kappa shape index (κ2) is 10.8. The van der Waals surface area contributed by atoms with Crippen molar-refractivity contribution in [3.63, 3.8) is 0 Å². The predicted octanol–water partition coefficient (Wildman–Crippen LogP) is 3.03. The minimum absolute atomic E-state index is 0.00938. The molecule has 1 N–H and O–H groups in total. The van der Waals surface area contributed by atoms with E-state index >= 15 is 0 Å². The summed E-state index contributed by atoms with van der Waals surface area (Å²) in [6.45, 7) is 6.85. The molecule has 2 aromatic rings. The number of aryl methyl sites for hydroxylation is 2. The Morgan fingerprint density at radius 2 is 1.81 bits per heavy atom. The molecule has 2 heterocycles. The predicted molar refractivity (Wildman–Crippen MR) is 123 cm³/mol. The van der Waals surface area contributed by atoms with E-state index in [1.54, 1.807) is 6.20 Å². The highest BCUT2D eigenvalue weighted by Gasteiger charge is 2.29. The van der Waals surface area contributed by atoms with Crippen LogP contribution in [-0.4, -0.2) is 65.9 Å². The third kappa shape index (κ3) is 5.97. The van der Waals surface area contributed by atoms with Crippen LogP contribution in [0.25, 0.3) is 11.3 Å². The van der Waals surface area contributed by atoms with E-state index in [-0.39, 0.29) is 11.8 Å². The maximum Gasteiger partial charge on any atom is 0.225 e. The van der Waals surface area contributed by atoms with Crippen molar-refractivity contribution in [1.29, 1.82) is 0 Å². The van der Waals surface area contributed by atoms with Crippen molar-refractivity contribution in [1.82, 2.24) is 20.1 Å². The number of benzene rings is 1. The fourth-order valence-corrected chi connectivity index (χ4v) is 4.56. The first-order valence-electron chi connectivity index (χ1n) is 11.9. The van der Waals surface area contributed by atoms with E-state index in [1.165, 1.54) is 18.4 Å². The Hall–Kier alpha value is -2.67. The molecular weight excluding hydrogens is 404 g/mol. The molecule has 1 aliphatic carbocycles. The Morgan fingerprint density at radius 3 is 2.53 bits per heavy atom. The van der Waals surface area contributed by atoms with E-state index in [9.17, 15) is 9.59 Å². The van der Waals surface area contributed by atoms with Gasteiger partial charge >= 0.3 is 0 Å². The first-order chi connectivity index (χ1) is 15.6. The fourth-order valence-electron chi connectivity index (χ4n) is 4.56. The molecule has 7 nitrogen and oxygen atoms in total. The molecule has 32 heavy (non-hydrogen) atoms. The minimum Gasteiger partial charge on any atom is -0.441 e. The summed E-state index contributed by atoms with van der Waals surface area (Å²) in [7, 11) is 0. The molecule has 0 bridgehead atoms. The van der Waals surface area contributed by atoms with Gasteiger partial charge in [0.2, 0.25) is 11.8 Å². The second-order valence-corrected chi connectivity index (χ2v) is 8.98. The molecule has 0 atom stereocenters. The third-order valence-electron chi connectivity index (χ3n) is 6.59. The molecule has 2 fully saturated rings. The van der Waals surface area contributed by atoms with Gasteiger partial charge in [0.15, 0.2) is 11.7 Å². The fraction of sp³-hybridized carbons (Fsp3) is 0.560. The average Bonchev–Trinajstić information content (AvgIpc) is 3.51. The Morgan fingerprint density at radius 1 is 1.09 bits per heavy atom. The largest absolute Gasteiger partial charge is 0.441 e. The molecule has 0 spiro atoms. The molecule has 1 aromatic heterocycles. The van der Waals surface area contributed by atoms with Crippen molar-refractivity contribution >= 4 is 11.8 Å². The highest BCUT2D eigenvalue weighted by Crippen LogP contribution is 2.27. The summed E-state index contributed by atoms with van der Waals surface area (Å²) in [6, 6.07) is 8.10. The number of hydrogen-bond acceptors (Lipinski definition) is 5. The Labute approximate surface area is 190 Å². The van der Waals surface area contributed by atoms with Crippen LogP contribution in [-0.2, 0) is 16.0 Å². The monoisotopic (exact) mass is 438 g/mol. The lowest BCUT2D eigenvalue weighted by Gasteiger charge is -2.36. The van der Waals surface area contributed by atoms with Crippen molar-refractivity contribution in [3.05, 3.63) is 41.9 Å². The smallest absolute Gasteiger partial charge is 0.225 e. The van der Waals surface area contributed by atoms with Gasteiger partial charge in [-0.1, -0.05) is 42.7 Å². The number of rotatable bonds is 8. The van der Waals surface area contributed by atoms with Crippen LogP contribution < -0.4 is 5.32 Å². The number of carbonyl (C=O) groups excluding carboxylic acids is 2. The van der Waals surface area contributed by atoms with Gasteiger partial charge in [0.1, 0.15) is 0 Å². The topological polar surface area (TPSA) is 78.7 Å². The lowest BCUT2D eigenvalue weighted by Crippen LogP contribution is -2.51. The quantitative estimate of drug-likeness (QED) is 0.685. The van der Waals surface area contributed by atoms with E-state index < -0.39 is 0 Å². The van der Waals surface area contributed by atoms with E-state index in [2.05, 4.69) is 15.2 Å². The van der Waals surface area contributed by atoms with Gasteiger partial charge in [0, 0.05) is 63.6 Å². The molecule has 1 saturated carbocycles. The first-order valence-corrected chi connectivity index (χ1v) is 11.9. The number of hydrogen-bond donors (Lipinski definition) is 1. The second-order valence-electron chi connectivity index (χ2n) is 8.98. The number of piperazine rings is 1. The van der Waals surface area contributed by atoms with Crippen LogP contribution in [0.4, 0.5) is 0 Å². The number of nitrogens with zero attached hydrogens (tertiary/aromatic N) is 3. The number of amides is 2. The van der Waals surface area contributed by atoms with Gasteiger partial charge in [-0.15, -0.1) is 0 Å².